The Morgan fingerprint density at radius 3 is 1.97 bits per heavy atom. The van der Waals surface area contributed by atoms with Gasteiger partial charge in [0.05, 0.1) is 6.61 Å². The Labute approximate surface area is 202 Å². The fraction of sp³-hybridized carbons (Fsp3) is 0.800. The van der Waals surface area contributed by atoms with Gasteiger partial charge in [-0.1, -0.05) is 84.1 Å². The van der Waals surface area contributed by atoms with Crippen LogP contribution < -0.4 is 4.74 Å². The van der Waals surface area contributed by atoms with Crippen molar-refractivity contribution in [2.75, 3.05) is 6.61 Å². The van der Waals surface area contributed by atoms with Gasteiger partial charge in [-0.3, -0.25) is 0 Å². The van der Waals surface area contributed by atoms with Crippen molar-refractivity contribution in [1.82, 2.24) is 0 Å². The van der Waals surface area contributed by atoms with Gasteiger partial charge in [0.15, 0.2) is 11.6 Å². The summed E-state index contributed by atoms with van der Waals surface area (Å²) in [6.07, 6.45) is 21.0. The standard InChI is InChI=1S/C30H48F2O/c1-3-5-7-8-9-10-22-33-28-21-20-27(29(31)30(28)32)26-18-16-25(17-19-26)24-14-12-23(13-15-24)11-6-4-2/h20-21,23-26H,3-19,22H2,1-2H3/t23-,24-,25?,26?. The molecular formula is C30H48F2O. The number of halogens is 2. The van der Waals surface area contributed by atoms with Crippen LogP contribution in [-0.2, 0) is 0 Å². The molecule has 2 aliphatic carbocycles. The Balaban J connectivity index is 1.42. The highest BCUT2D eigenvalue weighted by molar-refractivity contribution is 5.33. The maximum Gasteiger partial charge on any atom is 0.200 e. The maximum atomic E-state index is 14.9. The highest BCUT2D eigenvalue weighted by Gasteiger charge is 2.32. The van der Waals surface area contributed by atoms with Crippen molar-refractivity contribution in [1.29, 1.82) is 0 Å². The molecule has 0 amide bonds. The van der Waals surface area contributed by atoms with Gasteiger partial charge in [-0.05, 0) is 80.2 Å². The number of unbranched alkanes of at least 4 members (excludes halogenated alkanes) is 6. The Morgan fingerprint density at radius 2 is 1.30 bits per heavy atom. The summed E-state index contributed by atoms with van der Waals surface area (Å²) in [6.45, 7) is 4.96. The predicted molar refractivity (Wildman–Crippen MR) is 135 cm³/mol. The SMILES string of the molecule is CCCCCCCCOc1ccc(C2CCC([C@H]3CC[C@H](CCCC)CC3)CC2)c(F)c1F. The lowest BCUT2D eigenvalue weighted by Crippen LogP contribution is -2.25. The Kier molecular flexibility index (Phi) is 11.5. The molecule has 0 heterocycles. The summed E-state index contributed by atoms with van der Waals surface area (Å²) in [5.41, 5.74) is 0.570. The van der Waals surface area contributed by atoms with Crippen LogP contribution in [0.1, 0.15) is 134 Å². The molecule has 0 saturated heterocycles. The van der Waals surface area contributed by atoms with Gasteiger partial charge in [-0.25, -0.2) is 4.39 Å². The zero-order chi connectivity index (χ0) is 23.5. The van der Waals surface area contributed by atoms with E-state index in [2.05, 4.69) is 13.8 Å². The number of ether oxygens (including phenoxy) is 1. The normalized spacial score (nSPS) is 25.8. The second-order valence-electron chi connectivity index (χ2n) is 10.9. The van der Waals surface area contributed by atoms with Crippen molar-refractivity contribution >= 4 is 0 Å². The average Bonchev–Trinajstić information content (AvgIpc) is 2.85. The molecule has 2 aliphatic rings. The summed E-state index contributed by atoms with van der Waals surface area (Å²) in [6, 6.07) is 3.45. The van der Waals surface area contributed by atoms with Crippen molar-refractivity contribution in [3.8, 4) is 5.75 Å². The summed E-state index contributed by atoms with van der Waals surface area (Å²) in [5.74, 6) is 1.39. The monoisotopic (exact) mass is 462 g/mol. The van der Waals surface area contributed by atoms with E-state index in [4.69, 9.17) is 4.74 Å². The Hall–Kier alpha value is -1.12. The quantitative estimate of drug-likeness (QED) is 0.265. The van der Waals surface area contributed by atoms with E-state index >= 15 is 0 Å². The zero-order valence-electron chi connectivity index (χ0n) is 21.4. The predicted octanol–water partition coefficient (Wildman–Crippen LogP) is 9.97. The molecule has 0 aromatic heterocycles. The van der Waals surface area contributed by atoms with E-state index in [1.54, 1.807) is 12.1 Å². The zero-order valence-corrected chi connectivity index (χ0v) is 21.4. The molecular weight excluding hydrogens is 414 g/mol. The number of hydrogen-bond acceptors (Lipinski definition) is 1. The summed E-state index contributed by atoms with van der Waals surface area (Å²) in [5, 5.41) is 0. The molecule has 0 bridgehead atoms. The molecule has 1 aromatic carbocycles. The minimum atomic E-state index is -0.786. The largest absolute Gasteiger partial charge is 0.490 e. The van der Waals surface area contributed by atoms with Crippen LogP contribution in [0.5, 0.6) is 5.75 Å². The van der Waals surface area contributed by atoms with Gasteiger partial charge >= 0.3 is 0 Å². The topological polar surface area (TPSA) is 9.23 Å². The summed E-state index contributed by atoms with van der Waals surface area (Å²) in [4.78, 5) is 0. The first kappa shape index (κ1) is 26.5. The van der Waals surface area contributed by atoms with E-state index in [1.165, 1.54) is 83.5 Å². The van der Waals surface area contributed by atoms with Gasteiger partial charge in [0.2, 0.25) is 5.82 Å². The van der Waals surface area contributed by atoms with Crippen LogP contribution in [0, 0.1) is 29.4 Å². The summed E-state index contributed by atoms with van der Waals surface area (Å²) < 4.78 is 35.2. The first-order valence-electron chi connectivity index (χ1n) is 14.2. The lowest BCUT2D eigenvalue weighted by atomic mass is 9.68. The van der Waals surface area contributed by atoms with Crippen LogP contribution in [-0.4, -0.2) is 6.61 Å². The fourth-order valence-corrected chi connectivity index (χ4v) is 6.38. The van der Waals surface area contributed by atoms with E-state index in [0.29, 0.717) is 12.2 Å². The molecule has 3 rings (SSSR count). The summed E-state index contributed by atoms with van der Waals surface area (Å²) in [7, 11) is 0. The van der Waals surface area contributed by atoms with E-state index in [-0.39, 0.29) is 11.7 Å². The van der Waals surface area contributed by atoms with Gasteiger partial charge in [-0.15, -0.1) is 0 Å². The number of rotatable bonds is 13. The highest BCUT2D eigenvalue weighted by Crippen LogP contribution is 2.45. The minimum Gasteiger partial charge on any atom is -0.490 e. The molecule has 2 fully saturated rings. The van der Waals surface area contributed by atoms with Gasteiger partial charge in [0.1, 0.15) is 0 Å². The van der Waals surface area contributed by atoms with Crippen molar-refractivity contribution in [2.24, 2.45) is 17.8 Å². The third kappa shape index (κ3) is 7.96. The Bertz CT molecular complexity index is 672. The molecule has 0 aliphatic heterocycles. The van der Waals surface area contributed by atoms with Crippen LogP contribution in [0.25, 0.3) is 0 Å². The van der Waals surface area contributed by atoms with Gasteiger partial charge < -0.3 is 4.74 Å². The molecule has 0 radical (unpaired) electrons. The van der Waals surface area contributed by atoms with Crippen LogP contribution in [0.2, 0.25) is 0 Å². The molecule has 1 aromatic rings. The average molecular weight is 463 g/mol. The number of hydrogen-bond donors (Lipinski definition) is 0. The number of benzene rings is 1. The van der Waals surface area contributed by atoms with Gasteiger partial charge in [0, 0.05) is 0 Å². The molecule has 3 heteroatoms. The van der Waals surface area contributed by atoms with Crippen molar-refractivity contribution in [3.05, 3.63) is 29.3 Å². The van der Waals surface area contributed by atoms with Gasteiger partial charge in [-0.2, -0.15) is 4.39 Å². The molecule has 0 atom stereocenters. The third-order valence-electron chi connectivity index (χ3n) is 8.57. The molecule has 1 nitrogen and oxygen atoms in total. The first-order chi connectivity index (χ1) is 16.1. The molecule has 0 unspecified atom stereocenters. The van der Waals surface area contributed by atoms with E-state index in [9.17, 15) is 8.78 Å². The molecule has 0 N–H and O–H groups in total. The smallest absolute Gasteiger partial charge is 0.200 e. The Morgan fingerprint density at radius 1 is 0.697 bits per heavy atom. The van der Waals surface area contributed by atoms with Crippen molar-refractivity contribution in [3.63, 3.8) is 0 Å². The second kappa shape index (κ2) is 14.3. The third-order valence-corrected chi connectivity index (χ3v) is 8.57. The lowest BCUT2D eigenvalue weighted by Gasteiger charge is -2.38. The van der Waals surface area contributed by atoms with Gasteiger partial charge in [0.25, 0.3) is 0 Å². The lowest BCUT2D eigenvalue weighted by molar-refractivity contribution is 0.155. The maximum absolute atomic E-state index is 14.9. The fourth-order valence-electron chi connectivity index (χ4n) is 6.38. The van der Waals surface area contributed by atoms with E-state index in [1.807, 2.05) is 0 Å². The van der Waals surface area contributed by atoms with E-state index < -0.39 is 11.6 Å². The first-order valence-corrected chi connectivity index (χ1v) is 14.2. The highest BCUT2D eigenvalue weighted by atomic mass is 19.2. The van der Waals surface area contributed by atoms with E-state index in [0.717, 1.165) is 43.4 Å². The van der Waals surface area contributed by atoms with Crippen molar-refractivity contribution < 1.29 is 13.5 Å². The molecule has 188 valence electrons. The molecule has 2 saturated carbocycles. The minimum absolute atomic E-state index is 0.0818. The van der Waals surface area contributed by atoms with Crippen LogP contribution in [0.4, 0.5) is 8.78 Å². The van der Waals surface area contributed by atoms with Crippen LogP contribution >= 0.6 is 0 Å². The van der Waals surface area contributed by atoms with Crippen LogP contribution in [0.3, 0.4) is 0 Å². The summed E-state index contributed by atoms with van der Waals surface area (Å²) >= 11 is 0. The molecule has 0 spiro atoms. The molecule has 33 heavy (non-hydrogen) atoms. The van der Waals surface area contributed by atoms with Crippen molar-refractivity contribution in [2.45, 2.75) is 129 Å². The second-order valence-corrected chi connectivity index (χ2v) is 10.9. The van der Waals surface area contributed by atoms with Crippen LogP contribution in [0.15, 0.2) is 12.1 Å².